The second kappa shape index (κ2) is 8.94. The van der Waals surface area contributed by atoms with Crippen molar-refractivity contribution in [3.63, 3.8) is 0 Å². The number of hydrogen-bond donors (Lipinski definition) is 0. The van der Waals surface area contributed by atoms with Crippen LogP contribution in [0.25, 0.3) is 0 Å². The SMILES string of the molecule is COc1cc(C(=O)N(C)CCOc2ccccc2F)cc(OC)c1OC. The number of amides is 1. The lowest BCUT2D eigenvalue weighted by atomic mass is 10.1. The first kappa shape index (κ1) is 19.4. The van der Waals surface area contributed by atoms with Crippen LogP contribution < -0.4 is 18.9 Å². The van der Waals surface area contributed by atoms with Gasteiger partial charge in [-0.3, -0.25) is 4.79 Å². The summed E-state index contributed by atoms with van der Waals surface area (Å²) in [6.45, 7) is 0.442. The van der Waals surface area contributed by atoms with Crippen molar-refractivity contribution < 1.29 is 28.1 Å². The molecule has 0 aliphatic heterocycles. The molecule has 0 aliphatic rings. The second-order valence-electron chi connectivity index (χ2n) is 5.42. The summed E-state index contributed by atoms with van der Waals surface area (Å²) in [6, 6.07) is 9.29. The zero-order valence-corrected chi connectivity index (χ0v) is 15.2. The Morgan fingerprint density at radius 1 is 1.00 bits per heavy atom. The fourth-order valence-corrected chi connectivity index (χ4v) is 2.38. The predicted molar refractivity (Wildman–Crippen MR) is 95.0 cm³/mol. The third-order valence-electron chi connectivity index (χ3n) is 3.78. The number of nitrogens with zero attached hydrogens (tertiary/aromatic N) is 1. The highest BCUT2D eigenvalue weighted by Gasteiger charge is 2.19. The number of likely N-dealkylation sites (N-methyl/N-ethyl adjacent to an activating group) is 1. The Balaban J connectivity index is 2.06. The van der Waals surface area contributed by atoms with Gasteiger partial charge in [0.05, 0.1) is 27.9 Å². The highest BCUT2D eigenvalue weighted by atomic mass is 19.1. The maximum atomic E-state index is 13.5. The van der Waals surface area contributed by atoms with Crippen molar-refractivity contribution in [3.05, 3.63) is 47.8 Å². The van der Waals surface area contributed by atoms with Crippen LogP contribution in [0, 0.1) is 5.82 Å². The number of halogens is 1. The van der Waals surface area contributed by atoms with Crippen molar-refractivity contribution in [1.29, 1.82) is 0 Å². The Kier molecular flexibility index (Phi) is 6.66. The third kappa shape index (κ3) is 4.36. The summed E-state index contributed by atoms with van der Waals surface area (Å²) in [5.41, 5.74) is 0.382. The normalized spacial score (nSPS) is 10.2. The number of para-hydroxylation sites is 1. The molecule has 0 atom stereocenters. The summed E-state index contributed by atoms with van der Waals surface area (Å²) in [7, 11) is 6.10. The van der Waals surface area contributed by atoms with E-state index >= 15 is 0 Å². The van der Waals surface area contributed by atoms with E-state index in [9.17, 15) is 9.18 Å². The third-order valence-corrected chi connectivity index (χ3v) is 3.78. The van der Waals surface area contributed by atoms with E-state index in [1.165, 1.54) is 38.4 Å². The fourth-order valence-electron chi connectivity index (χ4n) is 2.38. The number of carbonyl (C=O) groups excluding carboxylic acids is 1. The van der Waals surface area contributed by atoms with Crippen LogP contribution in [-0.4, -0.2) is 52.3 Å². The molecule has 0 radical (unpaired) electrons. The average Bonchev–Trinajstić information content (AvgIpc) is 2.67. The van der Waals surface area contributed by atoms with E-state index in [4.69, 9.17) is 18.9 Å². The standard InChI is InChI=1S/C19H22FNO5/c1-21(9-10-26-15-8-6-5-7-14(15)20)19(22)13-11-16(23-2)18(25-4)17(12-13)24-3/h5-8,11-12H,9-10H2,1-4H3. The van der Waals surface area contributed by atoms with Gasteiger partial charge in [-0.25, -0.2) is 4.39 Å². The summed E-state index contributed by atoms with van der Waals surface area (Å²) in [5.74, 6) is 0.670. The first-order valence-corrected chi connectivity index (χ1v) is 7.94. The Morgan fingerprint density at radius 3 is 2.15 bits per heavy atom. The summed E-state index contributed by atoms with van der Waals surface area (Å²) in [4.78, 5) is 14.1. The molecule has 0 saturated carbocycles. The molecule has 0 aliphatic carbocycles. The van der Waals surface area contributed by atoms with Crippen LogP contribution in [0.3, 0.4) is 0 Å². The second-order valence-corrected chi connectivity index (χ2v) is 5.42. The molecule has 0 spiro atoms. The number of ether oxygens (including phenoxy) is 4. The zero-order valence-electron chi connectivity index (χ0n) is 15.2. The summed E-state index contributed by atoms with van der Waals surface area (Å²) < 4.78 is 34.7. The number of benzene rings is 2. The molecular formula is C19H22FNO5. The van der Waals surface area contributed by atoms with Gasteiger partial charge >= 0.3 is 0 Å². The van der Waals surface area contributed by atoms with E-state index in [-0.39, 0.29) is 24.8 Å². The highest BCUT2D eigenvalue weighted by Crippen LogP contribution is 2.38. The summed E-state index contributed by atoms with van der Waals surface area (Å²) >= 11 is 0. The molecule has 2 aromatic rings. The highest BCUT2D eigenvalue weighted by molar-refractivity contribution is 5.95. The lowest BCUT2D eigenvalue weighted by molar-refractivity contribution is 0.0772. The van der Waals surface area contributed by atoms with Crippen LogP contribution in [0.2, 0.25) is 0 Å². The van der Waals surface area contributed by atoms with Gasteiger partial charge < -0.3 is 23.8 Å². The Hall–Kier alpha value is -2.96. The molecule has 6 nitrogen and oxygen atoms in total. The van der Waals surface area contributed by atoms with Crippen LogP contribution in [0.5, 0.6) is 23.0 Å². The lowest BCUT2D eigenvalue weighted by Crippen LogP contribution is -2.31. The van der Waals surface area contributed by atoms with Gasteiger partial charge in [-0.05, 0) is 24.3 Å². The number of methoxy groups -OCH3 is 3. The number of hydrogen-bond acceptors (Lipinski definition) is 5. The molecule has 0 heterocycles. The van der Waals surface area contributed by atoms with Gasteiger partial charge in [0.1, 0.15) is 6.61 Å². The van der Waals surface area contributed by atoms with E-state index in [2.05, 4.69) is 0 Å². The predicted octanol–water partition coefficient (Wildman–Crippen LogP) is 3.00. The largest absolute Gasteiger partial charge is 0.493 e. The van der Waals surface area contributed by atoms with E-state index in [1.807, 2.05) is 0 Å². The van der Waals surface area contributed by atoms with Crippen LogP contribution in [-0.2, 0) is 0 Å². The topological polar surface area (TPSA) is 57.2 Å². The molecule has 7 heteroatoms. The molecule has 0 aromatic heterocycles. The molecule has 0 N–H and O–H groups in total. The van der Waals surface area contributed by atoms with Crippen molar-refractivity contribution in [3.8, 4) is 23.0 Å². The molecular weight excluding hydrogens is 341 g/mol. The quantitative estimate of drug-likeness (QED) is 0.722. The maximum absolute atomic E-state index is 13.5. The first-order valence-electron chi connectivity index (χ1n) is 7.94. The lowest BCUT2D eigenvalue weighted by Gasteiger charge is -2.19. The Bertz CT molecular complexity index is 740. The molecule has 140 valence electrons. The van der Waals surface area contributed by atoms with Gasteiger partial charge in [0.2, 0.25) is 5.75 Å². The average molecular weight is 363 g/mol. The fraction of sp³-hybridized carbons (Fsp3) is 0.316. The molecule has 0 fully saturated rings. The Morgan fingerprint density at radius 2 is 1.62 bits per heavy atom. The van der Waals surface area contributed by atoms with Gasteiger partial charge in [0.15, 0.2) is 23.1 Å². The minimum absolute atomic E-state index is 0.154. The van der Waals surface area contributed by atoms with E-state index in [0.717, 1.165) is 0 Å². The number of rotatable bonds is 8. The summed E-state index contributed by atoms with van der Waals surface area (Å²) in [5, 5.41) is 0. The summed E-state index contributed by atoms with van der Waals surface area (Å²) in [6.07, 6.45) is 0. The molecule has 2 rings (SSSR count). The molecule has 0 unspecified atom stereocenters. The van der Waals surface area contributed by atoms with Crippen LogP contribution in [0.1, 0.15) is 10.4 Å². The van der Waals surface area contributed by atoms with Gasteiger partial charge in [0.25, 0.3) is 5.91 Å². The van der Waals surface area contributed by atoms with Crippen molar-refractivity contribution in [1.82, 2.24) is 4.90 Å². The Labute approximate surface area is 152 Å². The minimum Gasteiger partial charge on any atom is -0.493 e. The minimum atomic E-state index is -0.439. The van der Waals surface area contributed by atoms with E-state index < -0.39 is 5.82 Å². The van der Waals surface area contributed by atoms with Gasteiger partial charge in [-0.1, -0.05) is 12.1 Å². The molecule has 2 aromatic carbocycles. The van der Waals surface area contributed by atoms with Crippen molar-refractivity contribution in [2.75, 3.05) is 41.5 Å². The first-order chi connectivity index (χ1) is 12.5. The zero-order chi connectivity index (χ0) is 19.1. The smallest absolute Gasteiger partial charge is 0.253 e. The van der Waals surface area contributed by atoms with Crippen LogP contribution in [0.4, 0.5) is 4.39 Å². The van der Waals surface area contributed by atoms with Crippen molar-refractivity contribution in [2.45, 2.75) is 0 Å². The number of carbonyl (C=O) groups is 1. The van der Waals surface area contributed by atoms with E-state index in [1.54, 1.807) is 31.3 Å². The maximum Gasteiger partial charge on any atom is 0.253 e. The van der Waals surface area contributed by atoms with Gasteiger partial charge in [-0.2, -0.15) is 0 Å². The van der Waals surface area contributed by atoms with Gasteiger partial charge in [0, 0.05) is 12.6 Å². The monoisotopic (exact) mass is 363 g/mol. The van der Waals surface area contributed by atoms with Gasteiger partial charge in [-0.15, -0.1) is 0 Å². The van der Waals surface area contributed by atoms with E-state index in [0.29, 0.717) is 22.8 Å². The van der Waals surface area contributed by atoms with Crippen LogP contribution in [0.15, 0.2) is 36.4 Å². The van der Waals surface area contributed by atoms with Crippen molar-refractivity contribution in [2.24, 2.45) is 0 Å². The van der Waals surface area contributed by atoms with Crippen molar-refractivity contribution >= 4 is 5.91 Å². The molecule has 0 bridgehead atoms. The molecule has 1 amide bonds. The van der Waals surface area contributed by atoms with Crippen LogP contribution >= 0.6 is 0 Å². The molecule has 26 heavy (non-hydrogen) atoms. The molecule has 0 saturated heterocycles.